The number of carbonyl (C=O) groups is 3. The smallest absolute Gasteiger partial charge is 0.331 e. The number of fused-ring (bicyclic) bond motifs is 1. The largest absolute Gasteiger partial charge is 0.395 e. The van der Waals surface area contributed by atoms with Crippen LogP contribution >= 0.6 is 0 Å². The van der Waals surface area contributed by atoms with E-state index in [9.17, 15) is 19.5 Å². The molecule has 3 N–H and O–H groups in total. The molecule has 14 nitrogen and oxygen atoms in total. The summed E-state index contributed by atoms with van der Waals surface area (Å²) in [5, 5.41) is 15.8. The van der Waals surface area contributed by atoms with Crippen molar-refractivity contribution in [3.05, 3.63) is 65.4 Å². The Labute approximate surface area is 270 Å². The number of hydrogen-bond donors (Lipinski definition) is 3. The number of nitrogens with one attached hydrogen (secondary N) is 2. The number of aryl methyl sites for hydroxylation is 1. The lowest BCUT2D eigenvalue weighted by molar-refractivity contribution is -0.125. The van der Waals surface area contributed by atoms with E-state index in [1.165, 1.54) is 4.90 Å². The highest BCUT2D eigenvalue weighted by Gasteiger charge is 2.46. The van der Waals surface area contributed by atoms with Crippen molar-refractivity contribution in [3.63, 3.8) is 0 Å². The van der Waals surface area contributed by atoms with Crippen LogP contribution in [0.2, 0.25) is 0 Å². The maximum atomic E-state index is 13.2. The average Bonchev–Trinajstić information content (AvgIpc) is 3.93. The highest BCUT2D eigenvalue weighted by atomic mass is 16.3. The molecule has 3 aliphatic carbocycles. The minimum atomic E-state index is -0.457. The molecule has 3 atom stereocenters. The molecular formula is C33H36N10O4. The van der Waals surface area contributed by atoms with Crippen LogP contribution in [0.15, 0.2) is 36.8 Å². The molecule has 0 radical (unpaired) electrons. The van der Waals surface area contributed by atoms with Crippen LogP contribution < -0.4 is 15.5 Å². The molecule has 4 aromatic rings. The van der Waals surface area contributed by atoms with Gasteiger partial charge in [-0.05, 0) is 69.6 Å². The van der Waals surface area contributed by atoms with E-state index in [4.69, 9.17) is 9.97 Å². The molecule has 1 aliphatic heterocycles. The summed E-state index contributed by atoms with van der Waals surface area (Å²) < 4.78 is 1.92. The lowest BCUT2D eigenvalue weighted by Gasteiger charge is -2.18. The van der Waals surface area contributed by atoms with Crippen LogP contribution in [0.1, 0.15) is 91.4 Å². The molecule has 4 amide bonds. The zero-order chi connectivity index (χ0) is 32.4. The van der Waals surface area contributed by atoms with E-state index in [2.05, 4.69) is 25.6 Å². The van der Waals surface area contributed by atoms with Crippen molar-refractivity contribution in [2.75, 3.05) is 35.2 Å². The van der Waals surface area contributed by atoms with Crippen molar-refractivity contribution in [1.82, 2.24) is 34.2 Å². The van der Waals surface area contributed by atoms with Crippen molar-refractivity contribution < 1.29 is 19.5 Å². The van der Waals surface area contributed by atoms with Crippen LogP contribution in [0.5, 0.6) is 0 Å². The molecule has 2 unspecified atom stereocenters. The number of aliphatic hydroxyl groups excluding tert-OH is 1. The molecule has 4 aromatic heterocycles. The van der Waals surface area contributed by atoms with E-state index in [1.807, 2.05) is 42.8 Å². The van der Waals surface area contributed by atoms with Crippen LogP contribution in [0.3, 0.4) is 0 Å². The molecule has 14 heteroatoms. The second-order valence-corrected chi connectivity index (χ2v) is 13.1. The van der Waals surface area contributed by atoms with Gasteiger partial charge < -0.3 is 20.1 Å². The molecule has 4 fully saturated rings. The monoisotopic (exact) mass is 636 g/mol. The Morgan fingerprint density at radius 1 is 1.02 bits per heavy atom. The van der Waals surface area contributed by atoms with Crippen molar-refractivity contribution in [2.24, 2.45) is 5.92 Å². The first-order valence-electron chi connectivity index (χ1n) is 16.3. The Morgan fingerprint density at radius 2 is 1.81 bits per heavy atom. The highest BCUT2D eigenvalue weighted by Crippen LogP contribution is 2.47. The van der Waals surface area contributed by atoms with Crippen LogP contribution in [0, 0.1) is 12.8 Å². The number of imide groups is 1. The van der Waals surface area contributed by atoms with E-state index >= 15 is 0 Å². The third-order valence-electron chi connectivity index (χ3n) is 9.31. The van der Waals surface area contributed by atoms with Gasteiger partial charge in [0.1, 0.15) is 29.8 Å². The summed E-state index contributed by atoms with van der Waals surface area (Å²) in [6.45, 7) is 3.46. The molecule has 0 bridgehead atoms. The highest BCUT2D eigenvalue weighted by molar-refractivity contribution is 6.13. The normalized spacial score (nSPS) is 21.4. The number of nitrogens with zero attached hydrogens (tertiary/aromatic N) is 8. The third kappa shape index (κ3) is 5.77. The summed E-state index contributed by atoms with van der Waals surface area (Å²) in [5.41, 5.74) is 3.83. The van der Waals surface area contributed by atoms with E-state index in [-0.39, 0.29) is 55.3 Å². The lowest BCUT2D eigenvalue weighted by atomic mass is 10.1. The summed E-state index contributed by atoms with van der Waals surface area (Å²) in [6.07, 6.45) is 10.6. The number of imidazole rings is 1. The second-order valence-electron chi connectivity index (χ2n) is 13.1. The average molecular weight is 637 g/mol. The minimum absolute atomic E-state index is 0.00403. The number of β-amino-alcohol motifs (C(OH)–C–C–N with tert-alkyl or cyclic N) is 1. The first-order valence-corrected chi connectivity index (χ1v) is 16.3. The predicted molar refractivity (Wildman–Crippen MR) is 171 cm³/mol. The number of rotatable bonds is 11. The number of anilines is 3. The fourth-order valence-electron chi connectivity index (χ4n) is 6.28. The molecule has 242 valence electrons. The second kappa shape index (κ2) is 11.4. The first kappa shape index (κ1) is 29.4. The third-order valence-corrected chi connectivity index (χ3v) is 9.31. The van der Waals surface area contributed by atoms with Crippen molar-refractivity contribution in [1.29, 1.82) is 0 Å². The van der Waals surface area contributed by atoms with E-state index in [1.54, 1.807) is 12.3 Å². The van der Waals surface area contributed by atoms with Crippen LogP contribution in [0.4, 0.5) is 22.1 Å². The van der Waals surface area contributed by atoms with Gasteiger partial charge in [-0.1, -0.05) is 0 Å². The molecule has 4 aliphatic rings. The van der Waals surface area contributed by atoms with Crippen molar-refractivity contribution in [3.8, 4) is 0 Å². The number of urea groups is 1. The maximum Gasteiger partial charge on any atom is 0.331 e. The van der Waals surface area contributed by atoms with Gasteiger partial charge in [0, 0.05) is 48.1 Å². The summed E-state index contributed by atoms with van der Waals surface area (Å²) in [5.74, 6) is 2.45. The molecule has 3 saturated carbocycles. The Bertz CT molecular complexity index is 1920. The molecule has 8 rings (SSSR count). The van der Waals surface area contributed by atoms with Crippen LogP contribution in [-0.4, -0.2) is 76.9 Å². The number of pyridine rings is 1. The van der Waals surface area contributed by atoms with E-state index in [0.29, 0.717) is 47.0 Å². The van der Waals surface area contributed by atoms with E-state index < -0.39 is 6.03 Å². The van der Waals surface area contributed by atoms with Crippen molar-refractivity contribution in [2.45, 2.75) is 69.7 Å². The molecule has 47 heavy (non-hydrogen) atoms. The standard InChI is InChI=1S/C33H36N10O4/c1-17-7-8-34-30(35-17)22-12-23(22)32(46)40-27-13-26(38-29(39-27)20-5-6-20)36-18(2)24-15-41-14-21(19-3-4-19)11-25(31(41)37-24)43-16-28(45)42(9-10-44)33(43)47/h7-8,11,13-15,18-20,22-23,44H,3-6,9-10,12,16H2,1-2H3,(H2,36,38,39,40,46)/t18?,22?,23-/m0/s1. The van der Waals surface area contributed by atoms with Crippen LogP contribution in [-0.2, 0) is 9.59 Å². The number of carbonyl (C=O) groups excluding carboxylic acids is 3. The Hall–Kier alpha value is -4.98. The van der Waals surface area contributed by atoms with Crippen molar-refractivity contribution >= 4 is 40.8 Å². The van der Waals surface area contributed by atoms with Gasteiger partial charge in [0.05, 0.1) is 30.6 Å². The van der Waals surface area contributed by atoms with Gasteiger partial charge in [-0.25, -0.2) is 29.7 Å². The number of hydrogen-bond acceptors (Lipinski definition) is 10. The van der Waals surface area contributed by atoms with Crippen LogP contribution in [0.25, 0.3) is 5.65 Å². The van der Waals surface area contributed by atoms with Gasteiger partial charge in [0.15, 0.2) is 5.65 Å². The Kier molecular flexibility index (Phi) is 7.12. The van der Waals surface area contributed by atoms with Gasteiger partial charge in [0.2, 0.25) is 5.91 Å². The van der Waals surface area contributed by atoms with Gasteiger partial charge in [0.25, 0.3) is 5.91 Å². The van der Waals surface area contributed by atoms with Gasteiger partial charge in [-0.3, -0.25) is 19.4 Å². The topological polar surface area (TPSA) is 171 Å². The predicted octanol–water partition coefficient (Wildman–Crippen LogP) is 3.65. The molecule has 1 saturated heterocycles. The number of aliphatic hydroxyl groups is 1. The number of amides is 4. The zero-order valence-corrected chi connectivity index (χ0v) is 26.3. The van der Waals surface area contributed by atoms with E-state index in [0.717, 1.165) is 47.5 Å². The summed E-state index contributed by atoms with van der Waals surface area (Å²) in [7, 11) is 0. The number of aromatic nitrogens is 6. The van der Waals surface area contributed by atoms with Gasteiger partial charge >= 0.3 is 6.03 Å². The fraction of sp³-hybridized carbons (Fsp3) is 0.455. The maximum absolute atomic E-state index is 13.2. The zero-order valence-electron chi connectivity index (χ0n) is 26.3. The molecular weight excluding hydrogens is 600 g/mol. The lowest BCUT2D eigenvalue weighted by Crippen LogP contribution is -2.35. The fourth-order valence-corrected chi connectivity index (χ4v) is 6.28. The Balaban J connectivity index is 1.04. The Morgan fingerprint density at radius 3 is 2.55 bits per heavy atom. The summed E-state index contributed by atoms with van der Waals surface area (Å²) in [4.78, 5) is 64.8. The van der Waals surface area contributed by atoms with Gasteiger partial charge in [-0.15, -0.1) is 0 Å². The molecule has 0 spiro atoms. The molecule has 5 heterocycles. The van der Waals surface area contributed by atoms with Gasteiger partial charge in [-0.2, -0.15) is 0 Å². The quantitative estimate of drug-likeness (QED) is 0.207. The summed E-state index contributed by atoms with van der Waals surface area (Å²) in [6, 6.07) is 4.81. The minimum Gasteiger partial charge on any atom is -0.395 e. The SMILES string of the molecule is Cc1ccnc(C2C[C@@H]2C(=O)Nc2cc(NC(C)c3cn4cc(C5CC5)cc(N5CC(=O)N(CCO)C5=O)c4n3)nc(C3CC3)n2)n1. The first-order chi connectivity index (χ1) is 22.7. The summed E-state index contributed by atoms with van der Waals surface area (Å²) >= 11 is 0. The molecule has 0 aromatic carbocycles.